The minimum atomic E-state index is -0.0348. The molecule has 3 rings (SSSR count). The first-order valence-corrected chi connectivity index (χ1v) is 8.40. The second kappa shape index (κ2) is 5.75. The quantitative estimate of drug-likeness (QED) is 0.551. The molecule has 0 saturated carbocycles. The molecule has 110 valence electrons. The maximum absolute atomic E-state index is 9.06. The summed E-state index contributed by atoms with van der Waals surface area (Å²) in [5, 5.41) is 16.5. The van der Waals surface area contributed by atoms with Gasteiger partial charge in [0.15, 0.2) is 0 Å². The van der Waals surface area contributed by atoms with E-state index in [2.05, 4.69) is 33.7 Å². The van der Waals surface area contributed by atoms with Gasteiger partial charge in [-0.2, -0.15) is 10.4 Å². The Morgan fingerprint density at radius 3 is 2.95 bits per heavy atom. The predicted molar refractivity (Wildman–Crippen MR) is 91.2 cm³/mol. The molecule has 0 radical (unpaired) electrons. The van der Waals surface area contributed by atoms with Gasteiger partial charge >= 0.3 is 0 Å². The van der Waals surface area contributed by atoms with Crippen LogP contribution in [0.1, 0.15) is 23.1 Å². The van der Waals surface area contributed by atoms with Gasteiger partial charge in [-0.1, -0.05) is 40.3 Å². The molecule has 1 aromatic carbocycles. The summed E-state index contributed by atoms with van der Waals surface area (Å²) in [6.07, 6.45) is 1.04. The van der Waals surface area contributed by atoms with Crippen molar-refractivity contribution in [3.63, 3.8) is 0 Å². The Balaban J connectivity index is 2.03. The molecule has 2 aliphatic rings. The van der Waals surface area contributed by atoms with Crippen LogP contribution in [0.4, 0.5) is 0 Å². The lowest BCUT2D eigenvalue weighted by atomic mass is 9.95. The second-order valence-corrected chi connectivity index (χ2v) is 7.51. The Bertz CT molecular complexity index is 655. The molecule has 1 aromatic rings. The van der Waals surface area contributed by atoms with Crippen LogP contribution in [0.3, 0.4) is 0 Å². The van der Waals surface area contributed by atoms with Crippen molar-refractivity contribution in [2.24, 2.45) is 5.10 Å². The Labute approximate surface area is 142 Å². The number of alkyl halides is 1. The molecule has 0 bridgehead atoms. The molecule has 21 heavy (non-hydrogen) atoms. The first-order chi connectivity index (χ1) is 10.1. The highest BCUT2D eigenvalue weighted by molar-refractivity contribution is 14.1. The van der Waals surface area contributed by atoms with E-state index in [1.54, 1.807) is 13.2 Å². The van der Waals surface area contributed by atoms with Crippen LogP contribution < -0.4 is 0 Å². The topological polar surface area (TPSA) is 48.6 Å². The third-order valence-electron chi connectivity index (χ3n) is 4.16. The smallest absolute Gasteiger partial charge is 0.123 e. The maximum Gasteiger partial charge on any atom is 0.123 e. The van der Waals surface area contributed by atoms with Gasteiger partial charge in [0.05, 0.1) is 22.3 Å². The Morgan fingerprint density at radius 2 is 2.29 bits per heavy atom. The number of nitrogens with zero attached hydrogens (tertiary/aromatic N) is 3. The molecule has 2 heterocycles. The van der Waals surface area contributed by atoms with E-state index in [0.717, 1.165) is 29.8 Å². The summed E-state index contributed by atoms with van der Waals surface area (Å²) in [6.45, 7) is 2.88. The Hall–Kier alpha value is -0.840. The number of benzene rings is 1. The van der Waals surface area contributed by atoms with Crippen molar-refractivity contribution in [3.05, 3.63) is 33.8 Å². The highest BCUT2D eigenvalue weighted by Crippen LogP contribution is 2.35. The van der Waals surface area contributed by atoms with Crippen LogP contribution in [0, 0.1) is 18.3 Å². The molecule has 4 nitrogen and oxygen atoms in total. The summed E-state index contributed by atoms with van der Waals surface area (Å²) in [5.41, 5.74) is 3.29. The van der Waals surface area contributed by atoms with Gasteiger partial charge in [-0.3, -0.25) is 5.01 Å². The van der Waals surface area contributed by atoms with E-state index in [1.807, 2.05) is 13.0 Å². The van der Waals surface area contributed by atoms with E-state index in [1.165, 1.54) is 0 Å². The summed E-state index contributed by atoms with van der Waals surface area (Å²) in [4.78, 5) is 0. The van der Waals surface area contributed by atoms with E-state index < -0.39 is 0 Å². The summed E-state index contributed by atoms with van der Waals surface area (Å²) < 4.78 is 6.32. The van der Waals surface area contributed by atoms with Gasteiger partial charge in [0.1, 0.15) is 12.2 Å². The lowest BCUT2D eigenvalue weighted by Gasteiger charge is -2.20. The summed E-state index contributed by atoms with van der Waals surface area (Å²) >= 11 is 8.74. The molecule has 3 atom stereocenters. The molecule has 6 heteroatoms. The van der Waals surface area contributed by atoms with Gasteiger partial charge in [-0.15, -0.1) is 0 Å². The van der Waals surface area contributed by atoms with Crippen molar-refractivity contribution < 1.29 is 4.74 Å². The van der Waals surface area contributed by atoms with E-state index in [0.29, 0.717) is 20.6 Å². The zero-order valence-electron chi connectivity index (χ0n) is 11.8. The summed E-state index contributed by atoms with van der Waals surface area (Å²) in [5.74, 6) is 0. The molecule has 1 saturated heterocycles. The number of fused-ring (bicyclic) bond motifs is 1. The number of halogens is 2. The van der Waals surface area contributed by atoms with Gasteiger partial charge in [0, 0.05) is 23.1 Å². The molecule has 0 spiro atoms. The number of hydrazone groups is 1. The maximum atomic E-state index is 9.06. The standard InChI is InChI=1S/C15H15ClIN3O/c1-8-11(4-3-9(6-18)13(8)16)14-15(21-2)12-5-10(17)7-20(12)19-14/h3-4,10,12,15H,5,7H2,1-2H3/t10-,12-,15?/m0/s1. The van der Waals surface area contributed by atoms with Gasteiger partial charge in [-0.25, -0.2) is 0 Å². The third-order valence-corrected chi connectivity index (χ3v) is 5.55. The fraction of sp³-hybridized carbons (Fsp3) is 0.467. The molecule has 0 aromatic heterocycles. The Morgan fingerprint density at radius 1 is 1.52 bits per heavy atom. The zero-order chi connectivity index (χ0) is 15.1. The number of ether oxygens (including phenoxy) is 1. The van der Waals surface area contributed by atoms with Crippen LogP contribution in [0.15, 0.2) is 17.2 Å². The zero-order valence-corrected chi connectivity index (χ0v) is 14.7. The third kappa shape index (κ3) is 2.43. The first-order valence-electron chi connectivity index (χ1n) is 6.78. The molecule has 0 aliphatic carbocycles. The molecule has 0 N–H and O–H groups in total. The van der Waals surface area contributed by atoms with E-state index in [-0.39, 0.29) is 6.10 Å². The van der Waals surface area contributed by atoms with E-state index >= 15 is 0 Å². The normalized spacial score (nSPS) is 27.5. The highest BCUT2D eigenvalue weighted by atomic mass is 127. The summed E-state index contributed by atoms with van der Waals surface area (Å²) in [7, 11) is 1.73. The van der Waals surface area contributed by atoms with Gasteiger partial charge in [0.2, 0.25) is 0 Å². The molecule has 2 aliphatic heterocycles. The van der Waals surface area contributed by atoms with Crippen molar-refractivity contribution in [2.45, 2.75) is 29.4 Å². The monoisotopic (exact) mass is 415 g/mol. The van der Waals surface area contributed by atoms with Crippen molar-refractivity contribution in [1.29, 1.82) is 5.26 Å². The van der Waals surface area contributed by atoms with Crippen LogP contribution in [-0.4, -0.2) is 40.4 Å². The molecular weight excluding hydrogens is 401 g/mol. The van der Waals surface area contributed by atoms with Gasteiger partial charge < -0.3 is 4.74 Å². The average molecular weight is 416 g/mol. The van der Waals surface area contributed by atoms with Crippen molar-refractivity contribution in [1.82, 2.24) is 5.01 Å². The van der Waals surface area contributed by atoms with Crippen LogP contribution in [-0.2, 0) is 4.74 Å². The number of hydrogen-bond donors (Lipinski definition) is 0. The SMILES string of the molecule is COC1C(c2ccc(C#N)c(Cl)c2C)=NN2C[C@@H](I)C[C@@H]12. The Kier molecular flexibility index (Phi) is 4.12. The lowest BCUT2D eigenvalue weighted by molar-refractivity contribution is 0.0987. The van der Waals surface area contributed by atoms with E-state index in [9.17, 15) is 0 Å². The minimum absolute atomic E-state index is 0.0348. The molecule has 1 fully saturated rings. The van der Waals surface area contributed by atoms with Crippen LogP contribution >= 0.6 is 34.2 Å². The largest absolute Gasteiger partial charge is 0.373 e. The van der Waals surface area contributed by atoms with Crippen LogP contribution in [0.25, 0.3) is 0 Å². The van der Waals surface area contributed by atoms with Gasteiger partial charge in [-0.05, 0) is 25.0 Å². The molecular formula is C15H15ClIN3O. The van der Waals surface area contributed by atoms with Crippen molar-refractivity contribution in [3.8, 4) is 6.07 Å². The van der Waals surface area contributed by atoms with Crippen molar-refractivity contribution >= 4 is 39.9 Å². The molecule has 1 unspecified atom stereocenters. The fourth-order valence-corrected chi connectivity index (χ4v) is 4.23. The number of rotatable bonds is 2. The van der Waals surface area contributed by atoms with Gasteiger partial charge in [0.25, 0.3) is 0 Å². The van der Waals surface area contributed by atoms with Crippen molar-refractivity contribution in [2.75, 3.05) is 13.7 Å². The number of hydrogen-bond acceptors (Lipinski definition) is 4. The van der Waals surface area contributed by atoms with Crippen LogP contribution in [0.2, 0.25) is 5.02 Å². The molecule has 0 amide bonds. The fourth-order valence-electron chi connectivity index (χ4n) is 3.09. The number of methoxy groups -OCH3 is 1. The van der Waals surface area contributed by atoms with Crippen LogP contribution in [0.5, 0.6) is 0 Å². The van der Waals surface area contributed by atoms with E-state index in [4.69, 9.17) is 26.7 Å². The lowest BCUT2D eigenvalue weighted by Crippen LogP contribution is -2.35. The second-order valence-electron chi connectivity index (χ2n) is 5.38. The predicted octanol–water partition coefficient (Wildman–Crippen LogP) is 3.13. The highest BCUT2D eigenvalue weighted by Gasteiger charge is 2.44. The first kappa shape index (κ1) is 15.1. The average Bonchev–Trinajstić information content (AvgIpc) is 2.97. The minimum Gasteiger partial charge on any atom is -0.373 e. The summed E-state index contributed by atoms with van der Waals surface area (Å²) in [6, 6.07) is 6.10. The number of nitriles is 1.